The van der Waals surface area contributed by atoms with Gasteiger partial charge in [0.25, 0.3) is 0 Å². The Labute approximate surface area is 75.8 Å². The molecule has 0 spiro atoms. The van der Waals surface area contributed by atoms with E-state index in [1.165, 1.54) is 13.2 Å². The first-order valence-corrected chi connectivity index (χ1v) is 4.03. The van der Waals surface area contributed by atoms with Crippen LogP contribution in [0.15, 0.2) is 23.7 Å². The first kappa shape index (κ1) is 10.0. The van der Waals surface area contributed by atoms with E-state index in [0.717, 1.165) is 6.92 Å². The summed E-state index contributed by atoms with van der Waals surface area (Å²) >= 11 is 0. The van der Waals surface area contributed by atoms with Gasteiger partial charge in [-0.05, 0) is 12.5 Å². The van der Waals surface area contributed by atoms with E-state index in [1.54, 1.807) is 0 Å². The van der Waals surface area contributed by atoms with Gasteiger partial charge in [-0.2, -0.15) is 8.78 Å². The fourth-order valence-corrected chi connectivity index (χ4v) is 1.10. The lowest BCUT2D eigenvalue weighted by Crippen LogP contribution is -2.15. The number of ether oxygens (including phenoxy) is 2. The molecule has 0 atom stereocenters. The Balaban J connectivity index is 2.61. The van der Waals surface area contributed by atoms with Gasteiger partial charge in [-0.3, -0.25) is 0 Å². The maximum Gasteiger partial charge on any atom is 0.394 e. The maximum absolute atomic E-state index is 12.4. The molecule has 0 N–H and O–H groups in total. The Morgan fingerprint density at radius 2 is 2.15 bits per heavy atom. The summed E-state index contributed by atoms with van der Waals surface area (Å²) in [6.07, 6.45) is 1.38. The van der Waals surface area contributed by atoms with Gasteiger partial charge in [0, 0.05) is 19.4 Å². The summed E-state index contributed by atoms with van der Waals surface area (Å²) in [4.78, 5) is 0. The maximum atomic E-state index is 12.4. The average Bonchev–Trinajstić information content (AvgIpc) is 2.01. The molecule has 0 saturated heterocycles. The lowest BCUT2D eigenvalue weighted by atomic mass is 10.1. The first-order valence-electron chi connectivity index (χ1n) is 4.03. The number of alkyl halides is 2. The average molecular weight is 190 g/mol. The molecule has 0 aromatic rings. The molecule has 0 amide bonds. The van der Waals surface area contributed by atoms with Crippen molar-refractivity contribution in [3.05, 3.63) is 23.7 Å². The second-order valence-electron chi connectivity index (χ2n) is 2.87. The molecular formula is C9H12F2O2. The van der Waals surface area contributed by atoms with Gasteiger partial charge in [0.15, 0.2) is 0 Å². The summed E-state index contributed by atoms with van der Waals surface area (Å²) in [5.74, 6) is 0.845. The molecule has 0 aromatic heterocycles. The Morgan fingerprint density at radius 3 is 2.69 bits per heavy atom. The molecule has 0 aromatic carbocycles. The van der Waals surface area contributed by atoms with Gasteiger partial charge in [-0.25, -0.2) is 0 Å². The summed E-state index contributed by atoms with van der Waals surface area (Å²) in [6, 6.07) is 0. The van der Waals surface area contributed by atoms with Crippen molar-refractivity contribution >= 4 is 0 Å². The fourth-order valence-electron chi connectivity index (χ4n) is 1.10. The summed E-state index contributed by atoms with van der Waals surface area (Å²) in [5, 5.41) is 0. The molecule has 0 heterocycles. The zero-order valence-corrected chi connectivity index (χ0v) is 7.64. The van der Waals surface area contributed by atoms with Gasteiger partial charge in [0.1, 0.15) is 11.5 Å². The number of rotatable bonds is 3. The van der Waals surface area contributed by atoms with Gasteiger partial charge in [0.2, 0.25) is 0 Å². The molecule has 0 aliphatic heterocycles. The second kappa shape index (κ2) is 3.77. The zero-order valence-electron chi connectivity index (χ0n) is 7.64. The molecule has 1 aliphatic rings. The van der Waals surface area contributed by atoms with Crippen LogP contribution in [0.25, 0.3) is 0 Å². The first-order chi connectivity index (χ1) is 6.01. The number of methoxy groups -OCH3 is 1. The van der Waals surface area contributed by atoms with Crippen LogP contribution < -0.4 is 0 Å². The zero-order chi connectivity index (χ0) is 9.90. The quantitative estimate of drug-likeness (QED) is 0.681. The van der Waals surface area contributed by atoms with Crippen molar-refractivity contribution in [1.82, 2.24) is 0 Å². The number of halogens is 2. The van der Waals surface area contributed by atoms with E-state index in [0.29, 0.717) is 18.6 Å². The third kappa shape index (κ3) is 3.44. The highest BCUT2D eigenvalue weighted by molar-refractivity contribution is 5.20. The molecule has 1 aliphatic carbocycles. The van der Waals surface area contributed by atoms with Crippen LogP contribution >= 0.6 is 0 Å². The molecule has 0 fully saturated rings. The van der Waals surface area contributed by atoms with Crippen molar-refractivity contribution < 1.29 is 18.3 Å². The molecule has 0 bridgehead atoms. The number of allylic oxidation sites excluding steroid dienone is 3. The largest absolute Gasteiger partial charge is 0.497 e. The molecule has 0 radical (unpaired) electrons. The monoisotopic (exact) mass is 190 g/mol. The van der Waals surface area contributed by atoms with Gasteiger partial charge in [-0.15, -0.1) is 0 Å². The topological polar surface area (TPSA) is 18.5 Å². The van der Waals surface area contributed by atoms with Crippen LogP contribution in [0.4, 0.5) is 8.78 Å². The molecule has 1 rings (SSSR count). The lowest BCUT2D eigenvalue weighted by molar-refractivity contribution is -0.200. The van der Waals surface area contributed by atoms with Crippen LogP contribution in [-0.2, 0) is 9.47 Å². The van der Waals surface area contributed by atoms with E-state index in [2.05, 4.69) is 4.74 Å². The lowest BCUT2D eigenvalue weighted by Gasteiger charge is -2.18. The minimum atomic E-state index is -3.11. The number of hydrogen-bond acceptors (Lipinski definition) is 2. The van der Waals surface area contributed by atoms with Crippen LogP contribution in [0.2, 0.25) is 0 Å². The van der Waals surface area contributed by atoms with Crippen molar-refractivity contribution in [2.24, 2.45) is 0 Å². The van der Waals surface area contributed by atoms with E-state index in [1.807, 2.05) is 6.08 Å². The van der Waals surface area contributed by atoms with E-state index >= 15 is 0 Å². The Kier molecular flexibility index (Phi) is 2.90. The smallest absolute Gasteiger partial charge is 0.394 e. The van der Waals surface area contributed by atoms with Crippen molar-refractivity contribution in [2.45, 2.75) is 25.9 Å². The molecule has 2 nitrogen and oxygen atoms in total. The minimum absolute atomic E-state index is 0.270. The second-order valence-corrected chi connectivity index (χ2v) is 2.87. The summed E-state index contributed by atoms with van der Waals surface area (Å²) in [6.45, 7) is 0.721. The van der Waals surface area contributed by atoms with E-state index in [4.69, 9.17) is 4.74 Å². The van der Waals surface area contributed by atoms with Crippen LogP contribution in [0.5, 0.6) is 0 Å². The minimum Gasteiger partial charge on any atom is -0.497 e. The van der Waals surface area contributed by atoms with E-state index in [9.17, 15) is 8.78 Å². The van der Waals surface area contributed by atoms with Crippen molar-refractivity contribution in [3.8, 4) is 0 Å². The standard InChI is InChI=1S/C9H12F2O2/c1-9(10,11)13-8-5-3-4-7(6-8)12-2/h4,6H,3,5H2,1-2H3. The highest BCUT2D eigenvalue weighted by atomic mass is 19.3. The number of hydrogen-bond donors (Lipinski definition) is 0. The molecule has 0 saturated carbocycles. The van der Waals surface area contributed by atoms with Crippen molar-refractivity contribution in [1.29, 1.82) is 0 Å². The predicted molar refractivity (Wildman–Crippen MR) is 44.1 cm³/mol. The van der Waals surface area contributed by atoms with Gasteiger partial charge in [-0.1, -0.05) is 0 Å². The van der Waals surface area contributed by atoms with Gasteiger partial charge < -0.3 is 9.47 Å². The van der Waals surface area contributed by atoms with Gasteiger partial charge in [0.05, 0.1) is 7.11 Å². The SMILES string of the molecule is COC1=CCCC(OC(C)(F)F)=C1. The molecular weight excluding hydrogens is 178 g/mol. The summed E-state index contributed by atoms with van der Waals surface area (Å²) < 4.78 is 34.1. The molecule has 4 heteroatoms. The highest BCUT2D eigenvalue weighted by Gasteiger charge is 2.25. The Hall–Kier alpha value is -1.06. The fraction of sp³-hybridized carbons (Fsp3) is 0.556. The molecule has 0 unspecified atom stereocenters. The highest BCUT2D eigenvalue weighted by Crippen LogP contribution is 2.25. The van der Waals surface area contributed by atoms with Crippen LogP contribution in [0.1, 0.15) is 19.8 Å². The van der Waals surface area contributed by atoms with E-state index in [-0.39, 0.29) is 5.76 Å². The Morgan fingerprint density at radius 1 is 1.46 bits per heavy atom. The van der Waals surface area contributed by atoms with Crippen LogP contribution in [-0.4, -0.2) is 13.2 Å². The normalized spacial score (nSPS) is 17.5. The molecule has 13 heavy (non-hydrogen) atoms. The van der Waals surface area contributed by atoms with Crippen LogP contribution in [0, 0.1) is 0 Å². The summed E-state index contributed by atoms with van der Waals surface area (Å²) in [5.41, 5.74) is 0. The Bertz CT molecular complexity index is 238. The third-order valence-electron chi connectivity index (χ3n) is 1.59. The molecule has 74 valence electrons. The summed E-state index contributed by atoms with van der Waals surface area (Å²) in [7, 11) is 1.50. The van der Waals surface area contributed by atoms with Gasteiger partial charge >= 0.3 is 6.11 Å². The van der Waals surface area contributed by atoms with Crippen LogP contribution in [0.3, 0.4) is 0 Å². The third-order valence-corrected chi connectivity index (χ3v) is 1.59. The van der Waals surface area contributed by atoms with E-state index < -0.39 is 6.11 Å². The predicted octanol–water partition coefficient (Wildman–Crippen LogP) is 2.82. The van der Waals surface area contributed by atoms with Crippen molar-refractivity contribution in [2.75, 3.05) is 7.11 Å². The van der Waals surface area contributed by atoms with Crippen molar-refractivity contribution in [3.63, 3.8) is 0 Å².